The van der Waals surface area contributed by atoms with Gasteiger partial charge in [-0.1, -0.05) is 60.5 Å². The molecule has 0 radical (unpaired) electrons. The van der Waals surface area contributed by atoms with Crippen molar-refractivity contribution in [3.8, 4) is 5.69 Å². The second-order valence-corrected chi connectivity index (χ2v) is 11.0. The van der Waals surface area contributed by atoms with Gasteiger partial charge < -0.3 is 20.1 Å². The van der Waals surface area contributed by atoms with Crippen molar-refractivity contribution in [3.63, 3.8) is 0 Å². The summed E-state index contributed by atoms with van der Waals surface area (Å²) in [7, 11) is 0. The SMILES string of the molecule is CCc1ccccc1NC(=O)CCN1C(=S)NC(c2ccccn2)C1c1cc(C)n(-c2cccc(Cl)c2Cl)c1C. The molecule has 0 aliphatic carbocycles. The predicted molar refractivity (Wildman–Crippen MR) is 166 cm³/mol. The number of benzene rings is 2. The first kappa shape index (κ1) is 28.1. The van der Waals surface area contributed by atoms with Crippen molar-refractivity contribution in [3.05, 3.63) is 111 Å². The lowest BCUT2D eigenvalue weighted by molar-refractivity contribution is -0.116. The normalized spacial score (nSPS) is 16.7. The fourth-order valence-electron chi connectivity index (χ4n) is 5.49. The second-order valence-electron chi connectivity index (χ2n) is 9.86. The Kier molecular flexibility index (Phi) is 8.45. The minimum absolute atomic E-state index is 0.0556. The average molecular weight is 593 g/mol. The third kappa shape index (κ3) is 5.46. The van der Waals surface area contributed by atoms with Gasteiger partial charge in [0.25, 0.3) is 0 Å². The molecule has 1 saturated heterocycles. The number of carbonyl (C=O) groups is 1. The number of aromatic nitrogens is 2. The second kappa shape index (κ2) is 12.0. The summed E-state index contributed by atoms with van der Waals surface area (Å²) in [5, 5.41) is 8.16. The number of anilines is 1. The maximum atomic E-state index is 13.1. The van der Waals surface area contributed by atoms with Gasteiger partial charge in [0.1, 0.15) is 0 Å². The number of thiocarbonyl (C=S) groups is 1. The standard InChI is InChI=1S/C31H31Cl2N5OS/c1-4-21-10-5-6-12-24(21)35-27(39)15-17-37-30(29(36-31(37)40)25-13-7-8-16-34-25)22-18-19(2)38(20(22)3)26-14-9-11-23(32)28(26)33/h5-14,16,18,29-30H,4,15,17H2,1-3H3,(H,35,39)(H,36,40). The Labute approximate surface area is 250 Å². The monoisotopic (exact) mass is 591 g/mol. The van der Waals surface area contributed by atoms with Crippen LogP contribution in [0.4, 0.5) is 5.69 Å². The van der Waals surface area contributed by atoms with Crippen molar-refractivity contribution in [2.75, 3.05) is 11.9 Å². The quantitative estimate of drug-likeness (QED) is 0.210. The molecular weight excluding hydrogens is 561 g/mol. The number of halogens is 2. The van der Waals surface area contributed by atoms with E-state index in [1.165, 1.54) is 0 Å². The molecule has 1 aliphatic rings. The molecule has 2 aromatic heterocycles. The third-order valence-corrected chi connectivity index (χ3v) is 8.57. The lowest BCUT2D eigenvalue weighted by Gasteiger charge is -2.28. The number of rotatable bonds is 8. The van der Waals surface area contributed by atoms with Crippen LogP contribution in [-0.4, -0.2) is 32.0 Å². The van der Waals surface area contributed by atoms with E-state index < -0.39 is 0 Å². The van der Waals surface area contributed by atoms with E-state index in [0.717, 1.165) is 46.0 Å². The highest BCUT2D eigenvalue weighted by Crippen LogP contribution is 2.42. The zero-order chi connectivity index (χ0) is 28.4. The lowest BCUT2D eigenvalue weighted by Crippen LogP contribution is -2.33. The minimum Gasteiger partial charge on any atom is -0.352 e. The zero-order valence-electron chi connectivity index (χ0n) is 22.6. The number of carbonyl (C=O) groups excluding carboxylic acids is 1. The van der Waals surface area contributed by atoms with E-state index in [1.54, 1.807) is 12.3 Å². The van der Waals surface area contributed by atoms with E-state index in [9.17, 15) is 4.79 Å². The summed E-state index contributed by atoms with van der Waals surface area (Å²) in [5.41, 5.74) is 6.77. The van der Waals surface area contributed by atoms with Crippen LogP contribution in [0.15, 0.2) is 72.9 Å². The van der Waals surface area contributed by atoms with Crippen LogP contribution in [0.1, 0.15) is 53.6 Å². The average Bonchev–Trinajstić information content (AvgIpc) is 3.44. The number of hydrogen-bond donors (Lipinski definition) is 2. The topological polar surface area (TPSA) is 62.2 Å². The smallest absolute Gasteiger partial charge is 0.226 e. The van der Waals surface area contributed by atoms with Gasteiger partial charge in [0.15, 0.2) is 5.11 Å². The number of hydrogen-bond acceptors (Lipinski definition) is 3. The molecule has 4 aromatic rings. The molecule has 2 atom stereocenters. The summed E-state index contributed by atoms with van der Waals surface area (Å²) < 4.78 is 2.12. The van der Waals surface area contributed by atoms with E-state index in [0.29, 0.717) is 21.7 Å². The van der Waals surface area contributed by atoms with Crippen LogP contribution in [0.25, 0.3) is 5.69 Å². The van der Waals surface area contributed by atoms with Gasteiger partial charge in [-0.15, -0.1) is 0 Å². The van der Waals surface area contributed by atoms with Gasteiger partial charge in [-0.05, 0) is 80.0 Å². The van der Waals surface area contributed by atoms with Crippen molar-refractivity contribution in [1.29, 1.82) is 0 Å². The number of nitrogens with one attached hydrogen (secondary N) is 2. The highest BCUT2D eigenvalue weighted by Gasteiger charge is 2.41. The first-order chi connectivity index (χ1) is 19.3. The lowest BCUT2D eigenvalue weighted by atomic mass is 9.96. The van der Waals surface area contributed by atoms with E-state index >= 15 is 0 Å². The summed E-state index contributed by atoms with van der Waals surface area (Å²) in [6.07, 6.45) is 2.91. The fourth-order valence-corrected chi connectivity index (χ4v) is 6.20. The highest BCUT2D eigenvalue weighted by molar-refractivity contribution is 7.80. The van der Waals surface area contributed by atoms with E-state index in [4.69, 9.17) is 35.4 Å². The molecule has 2 unspecified atom stereocenters. The first-order valence-electron chi connectivity index (χ1n) is 13.3. The Hall–Kier alpha value is -3.39. The third-order valence-electron chi connectivity index (χ3n) is 7.41. The highest BCUT2D eigenvalue weighted by atomic mass is 35.5. The number of para-hydroxylation sites is 1. The Bertz CT molecular complexity index is 1550. The van der Waals surface area contributed by atoms with Gasteiger partial charge in [-0.25, -0.2) is 0 Å². The molecular formula is C31H31Cl2N5OS. The molecule has 1 amide bonds. The molecule has 0 saturated carbocycles. The molecule has 206 valence electrons. The minimum atomic E-state index is -0.193. The Balaban J connectivity index is 1.49. The first-order valence-corrected chi connectivity index (χ1v) is 14.5. The van der Waals surface area contributed by atoms with Crippen molar-refractivity contribution >= 4 is 52.1 Å². The van der Waals surface area contributed by atoms with Crippen LogP contribution in [-0.2, 0) is 11.2 Å². The molecule has 1 aliphatic heterocycles. The van der Waals surface area contributed by atoms with Gasteiger partial charge in [-0.3, -0.25) is 9.78 Å². The summed E-state index contributed by atoms with van der Waals surface area (Å²) in [6, 6.07) is 21.2. The van der Waals surface area contributed by atoms with Crippen LogP contribution in [0.5, 0.6) is 0 Å². The van der Waals surface area contributed by atoms with Crippen LogP contribution < -0.4 is 10.6 Å². The van der Waals surface area contributed by atoms with Gasteiger partial charge in [0.2, 0.25) is 5.91 Å². The number of amides is 1. The molecule has 0 spiro atoms. The van der Waals surface area contributed by atoms with Crippen LogP contribution >= 0.6 is 35.4 Å². The van der Waals surface area contributed by atoms with Crippen LogP contribution in [0.3, 0.4) is 0 Å². The molecule has 9 heteroatoms. The van der Waals surface area contributed by atoms with Gasteiger partial charge in [0, 0.05) is 36.2 Å². The van der Waals surface area contributed by atoms with Gasteiger partial charge in [0.05, 0.1) is 33.5 Å². The fraction of sp³-hybridized carbons (Fsp3) is 0.258. The summed E-state index contributed by atoms with van der Waals surface area (Å²) >= 11 is 18.8. The molecule has 6 nitrogen and oxygen atoms in total. The molecule has 0 bridgehead atoms. The Morgan fingerprint density at radius 2 is 1.85 bits per heavy atom. The van der Waals surface area contributed by atoms with Crippen molar-refractivity contribution in [2.24, 2.45) is 0 Å². The number of nitrogens with zero attached hydrogens (tertiary/aromatic N) is 3. The van der Waals surface area contributed by atoms with Crippen molar-refractivity contribution in [1.82, 2.24) is 19.8 Å². The van der Waals surface area contributed by atoms with E-state index in [2.05, 4.69) is 45.0 Å². The van der Waals surface area contributed by atoms with Gasteiger partial charge >= 0.3 is 0 Å². The predicted octanol–water partition coefficient (Wildman–Crippen LogP) is 7.36. The van der Waals surface area contributed by atoms with Crippen molar-refractivity contribution in [2.45, 2.75) is 45.7 Å². The van der Waals surface area contributed by atoms with Gasteiger partial charge in [-0.2, -0.15) is 0 Å². The van der Waals surface area contributed by atoms with Crippen molar-refractivity contribution < 1.29 is 4.79 Å². The molecule has 3 heterocycles. The molecule has 1 fully saturated rings. The zero-order valence-corrected chi connectivity index (χ0v) is 24.9. The largest absolute Gasteiger partial charge is 0.352 e. The molecule has 2 aromatic carbocycles. The van der Waals surface area contributed by atoms with Crippen LogP contribution in [0, 0.1) is 13.8 Å². The molecule has 40 heavy (non-hydrogen) atoms. The summed E-state index contributed by atoms with van der Waals surface area (Å²) in [4.78, 5) is 19.8. The summed E-state index contributed by atoms with van der Waals surface area (Å²) in [6.45, 7) is 6.65. The van der Waals surface area contributed by atoms with E-state index in [1.807, 2.05) is 61.5 Å². The Morgan fingerprint density at radius 3 is 2.60 bits per heavy atom. The molecule has 5 rings (SSSR count). The Morgan fingerprint density at radius 1 is 1.07 bits per heavy atom. The maximum absolute atomic E-state index is 13.1. The molecule has 2 N–H and O–H groups in total. The maximum Gasteiger partial charge on any atom is 0.226 e. The van der Waals surface area contributed by atoms with Crippen LogP contribution in [0.2, 0.25) is 10.0 Å². The number of aryl methyl sites for hydroxylation is 2. The number of pyridine rings is 1. The summed E-state index contributed by atoms with van der Waals surface area (Å²) in [5.74, 6) is -0.0556. The van der Waals surface area contributed by atoms with E-state index in [-0.39, 0.29) is 24.4 Å².